The Morgan fingerprint density at radius 3 is 3.11 bits per heavy atom. The van der Waals surface area contributed by atoms with Crippen LogP contribution in [0.25, 0.3) is 0 Å². The number of aryl methyl sites for hydroxylation is 1. The van der Waals surface area contributed by atoms with Crippen molar-refractivity contribution >= 4 is 23.1 Å². The molecule has 0 fully saturated rings. The first-order chi connectivity index (χ1) is 9.35. The highest BCUT2D eigenvalue weighted by atomic mass is 32.2. The molecule has 3 heteroatoms. The van der Waals surface area contributed by atoms with Gasteiger partial charge in [-0.05, 0) is 50.1 Å². The second-order valence-corrected chi connectivity index (χ2v) is 7.15. The maximum atomic E-state index is 3.69. The van der Waals surface area contributed by atoms with E-state index in [1.807, 2.05) is 18.3 Å². The average Bonchev–Trinajstić information content (AvgIpc) is 2.86. The molecule has 2 rings (SSSR count). The van der Waals surface area contributed by atoms with Crippen LogP contribution in [-0.2, 0) is 12.2 Å². The van der Waals surface area contributed by atoms with E-state index in [0.29, 0.717) is 6.04 Å². The van der Waals surface area contributed by atoms with E-state index in [9.17, 15) is 0 Å². The molecule has 1 aliphatic rings. The highest BCUT2D eigenvalue weighted by Crippen LogP contribution is 2.35. The van der Waals surface area contributed by atoms with Crippen LogP contribution < -0.4 is 5.32 Å². The van der Waals surface area contributed by atoms with Gasteiger partial charge < -0.3 is 5.32 Å². The van der Waals surface area contributed by atoms with Gasteiger partial charge in [0.2, 0.25) is 0 Å². The predicted molar refractivity (Wildman–Crippen MR) is 87.9 cm³/mol. The number of rotatable bonds is 6. The van der Waals surface area contributed by atoms with Gasteiger partial charge in [0.05, 0.1) is 0 Å². The lowest BCUT2D eigenvalue weighted by Crippen LogP contribution is -2.21. The van der Waals surface area contributed by atoms with Crippen LogP contribution in [0.1, 0.15) is 54.5 Å². The van der Waals surface area contributed by atoms with Gasteiger partial charge in [-0.1, -0.05) is 6.92 Å². The molecule has 0 bridgehead atoms. The number of hydrogen-bond donors (Lipinski definition) is 1. The first-order valence-electron chi connectivity index (χ1n) is 7.17. The Morgan fingerprint density at radius 2 is 2.37 bits per heavy atom. The first kappa shape index (κ1) is 15.0. The van der Waals surface area contributed by atoms with Crippen LogP contribution in [-0.4, -0.2) is 12.3 Å². The fourth-order valence-corrected chi connectivity index (χ4v) is 4.83. The lowest BCUT2D eigenvalue weighted by atomic mass is 10.1. The summed E-state index contributed by atoms with van der Waals surface area (Å²) >= 11 is 4.09. The average molecular weight is 294 g/mol. The SMILES string of the molecule is CC#CCCC(NCCC)c1cc2c(s1)CCSC2. The van der Waals surface area contributed by atoms with Crippen LogP contribution in [0.15, 0.2) is 6.07 Å². The summed E-state index contributed by atoms with van der Waals surface area (Å²) in [6.45, 7) is 5.25. The van der Waals surface area contributed by atoms with Gasteiger partial charge in [-0.15, -0.1) is 23.2 Å². The number of nitrogens with one attached hydrogen (secondary N) is 1. The van der Waals surface area contributed by atoms with E-state index in [2.05, 4.69) is 41.9 Å². The van der Waals surface area contributed by atoms with E-state index in [1.165, 1.54) is 29.2 Å². The number of fused-ring (bicyclic) bond motifs is 1. The van der Waals surface area contributed by atoms with Crippen molar-refractivity contribution in [2.24, 2.45) is 0 Å². The molecule has 0 saturated carbocycles. The molecule has 0 saturated heterocycles. The zero-order chi connectivity index (χ0) is 13.5. The van der Waals surface area contributed by atoms with Crippen LogP contribution >= 0.6 is 23.1 Å². The summed E-state index contributed by atoms with van der Waals surface area (Å²) in [6.07, 6.45) is 4.58. The molecular weight excluding hydrogens is 270 g/mol. The van der Waals surface area contributed by atoms with E-state index in [1.54, 1.807) is 10.4 Å². The third-order valence-electron chi connectivity index (χ3n) is 3.37. The second-order valence-electron chi connectivity index (χ2n) is 4.87. The molecule has 1 aromatic rings. The number of thioether (sulfide) groups is 1. The summed E-state index contributed by atoms with van der Waals surface area (Å²) in [4.78, 5) is 3.15. The van der Waals surface area contributed by atoms with Crippen LogP contribution in [0.4, 0.5) is 0 Å². The van der Waals surface area contributed by atoms with Gasteiger partial charge in [0, 0.05) is 28.0 Å². The van der Waals surface area contributed by atoms with Crippen molar-refractivity contribution in [2.45, 2.75) is 51.3 Å². The minimum atomic E-state index is 0.501. The third kappa shape index (κ3) is 4.27. The molecule has 1 aromatic heterocycles. The summed E-state index contributed by atoms with van der Waals surface area (Å²) in [6, 6.07) is 2.94. The Labute approximate surface area is 125 Å². The summed E-state index contributed by atoms with van der Waals surface area (Å²) in [5.74, 6) is 8.70. The number of hydrogen-bond acceptors (Lipinski definition) is 3. The molecule has 19 heavy (non-hydrogen) atoms. The van der Waals surface area contributed by atoms with E-state index >= 15 is 0 Å². The first-order valence-corrected chi connectivity index (χ1v) is 9.14. The van der Waals surface area contributed by atoms with Crippen molar-refractivity contribution in [1.82, 2.24) is 5.32 Å². The fourth-order valence-electron chi connectivity index (χ4n) is 2.35. The Morgan fingerprint density at radius 1 is 1.47 bits per heavy atom. The van der Waals surface area contributed by atoms with Crippen molar-refractivity contribution in [1.29, 1.82) is 0 Å². The lowest BCUT2D eigenvalue weighted by molar-refractivity contribution is 0.512. The van der Waals surface area contributed by atoms with Gasteiger partial charge in [-0.3, -0.25) is 0 Å². The zero-order valence-corrected chi connectivity index (χ0v) is 13.6. The molecule has 1 atom stereocenters. The van der Waals surface area contributed by atoms with Crippen molar-refractivity contribution in [2.75, 3.05) is 12.3 Å². The lowest BCUT2D eigenvalue weighted by Gasteiger charge is -2.15. The molecule has 0 spiro atoms. The zero-order valence-electron chi connectivity index (χ0n) is 11.9. The van der Waals surface area contributed by atoms with Gasteiger partial charge in [0.15, 0.2) is 0 Å². The van der Waals surface area contributed by atoms with Crippen molar-refractivity contribution in [3.8, 4) is 11.8 Å². The molecule has 0 radical (unpaired) electrons. The Balaban J connectivity index is 2.06. The minimum Gasteiger partial charge on any atom is -0.309 e. The second kappa shape index (κ2) is 7.99. The normalized spacial score (nSPS) is 15.5. The quantitative estimate of drug-likeness (QED) is 0.781. The molecule has 2 heterocycles. The van der Waals surface area contributed by atoms with Gasteiger partial charge in [-0.2, -0.15) is 11.8 Å². The van der Waals surface area contributed by atoms with Gasteiger partial charge in [-0.25, -0.2) is 0 Å². The summed E-state index contributed by atoms with van der Waals surface area (Å²) < 4.78 is 0. The van der Waals surface area contributed by atoms with E-state index in [-0.39, 0.29) is 0 Å². The third-order valence-corrected chi connectivity index (χ3v) is 5.72. The molecule has 0 aromatic carbocycles. The molecule has 1 unspecified atom stereocenters. The maximum absolute atomic E-state index is 3.69. The van der Waals surface area contributed by atoms with Crippen LogP contribution in [0.3, 0.4) is 0 Å². The fraction of sp³-hybridized carbons (Fsp3) is 0.625. The highest BCUT2D eigenvalue weighted by molar-refractivity contribution is 7.98. The maximum Gasteiger partial charge on any atom is 0.0424 e. The summed E-state index contributed by atoms with van der Waals surface area (Å²) in [5, 5.41) is 3.69. The topological polar surface area (TPSA) is 12.0 Å². The summed E-state index contributed by atoms with van der Waals surface area (Å²) in [5.41, 5.74) is 1.58. The predicted octanol–water partition coefficient (Wildman–Crippen LogP) is 4.38. The molecule has 1 N–H and O–H groups in total. The Hall–Kier alpha value is -0.430. The van der Waals surface area contributed by atoms with Gasteiger partial charge in [0.25, 0.3) is 0 Å². The minimum absolute atomic E-state index is 0.501. The smallest absolute Gasteiger partial charge is 0.0424 e. The molecule has 0 aliphatic carbocycles. The number of thiophene rings is 1. The molecule has 1 nitrogen and oxygen atoms in total. The van der Waals surface area contributed by atoms with E-state index in [0.717, 1.165) is 19.4 Å². The van der Waals surface area contributed by atoms with Crippen molar-refractivity contribution < 1.29 is 0 Å². The molecule has 104 valence electrons. The summed E-state index contributed by atoms with van der Waals surface area (Å²) in [7, 11) is 0. The molecule has 1 aliphatic heterocycles. The van der Waals surface area contributed by atoms with Crippen molar-refractivity contribution in [3.63, 3.8) is 0 Å². The molecule has 0 amide bonds. The van der Waals surface area contributed by atoms with Crippen molar-refractivity contribution in [3.05, 3.63) is 21.4 Å². The van der Waals surface area contributed by atoms with E-state index in [4.69, 9.17) is 0 Å². The van der Waals surface area contributed by atoms with Gasteiger partial charge >= 0.3 is 0 Å². The van der Waals surface area contributed by atoms with Gasteiger partial charge in [0.1, 0.15) is 0 Å². The van der Waals surface area contributed by atoms with E-state index < -0.39 is 0 Å². The monoisotopic (exact) mass is 293 g/mol. The van der Waals surface area contributed by atoms with Crippen LogP contribution in [0.5, 0.6) is 0 Å². The largest absolute Gasteiger partial charge is 0.309 e. The van der Waals surface area contributed by atoms with Crippen LogP contribution in [0.2, 0.25) is 0 Å². The van der Waals surface area contributed by atoms with Crippen LogP contribution in [0, 0.1) is 11.8 Å². The Bertz CT molecular complexity index is 430. The molecular formula is C16H23NS2. The standard InChI is InChI=1S/C16H23NS2/c1-3-5-6-7-14(17-9-4-2)16-11-13-12-18-10-8-15(13)19-16/h11,14,17H,4,6-10,12H2,1-2H3. The highest BCUT2D eigenvalue weighted by Gasteiger charge is 2.18. The Kier molecular flexibility index (Phi) is 6.30.